The van der Waals surface area contributed by atoms with Crippen LogP contribution in [-0.4, -0.2) is 110 Å². The van der Waals surface area contributed by atoms with Crippen molar-refractivity contribution in [1.82, 2.24) is 5.32 Å². The molecule has 0 radical (unpaired) electrons. The van der Waals surface area contributed by atoms with Gasteiger partial charge in [0.1, 0.15) is 36.6 Å². The molecule has 1 aliphatic heterocycles. The summed E-state index contributed by atoms with van der Waals surface area (Å²) in [5.74, 6) is -0.700. The van der Waals surface area contributed by atoms with E-state index in [1.807, 2.05) is 0 Å². The topological polar surface area (TPSA) is 189 Å². The molecule has 8 N–H and O–H groups in total. The molecule has 0 aromatic rings. The van der Waals surface area contributed by atoms with Gasteiger partial charge in [-0.05, 0) is 38.5 Å². The lowest BCUT2D eigenvalue weighted by Gasteiger charge is -2.40. The summed E-state index contributed by atoms with van der Waals surface area (Å²) in [5, 5.41) is 76.1. The first-order valence-electron chi connectivity index (χ1n) is 29.6. The highest BCUT2D eigenvalue weighted by Gasteiger charge is 2.44. The van der Waals surface area contributed by atoms with Crippen LogP contribution in [0.2, 0.25) is 0 Å². The SMILES string of the molecule is CCCCCCCCCCCCCCCCC/C=C/CCCC(O)C(O)C(COC1OC(CO)C(O)C(O)C1O)NC(=O)C(O)CCCCCCCCCCCCCCCCCCCCCCCC. The van der Waals surface area contributed by atoms with Crippen LogP contribution in [0, 0.1) is 0 Å². The second-order valence-electron chi connectivity index (χ2n) is 21.1. The molecule has 9 atom stereocenters. The monoisotopic (exact) mass is 984 g/mol. The number of allylic oxidation sites excluding steroid dienone is 2. The first-order valence-corrected chi connectivity index (χ1v) is 29.6. The molecular formula is C58H113NO10. The largest absolute Gasteiger partial charge is 0.394 e. The van der Waals surface area contributed by atoms with Crippen molar-refractivity contribution < 1.29 is 50.0 Å². The van der Waals surface area contributed by atoms with E-state index in [-0.39, 0.29) is 12.8 Å². The summed E-state index contributed by atoms with van der Waals surface area (Å²) in [7, 11) is 0. The third-order valence-corrected chi connectivity index (χ3v) is 14.6. The molecule has 1 saturated heterocycles. The van der Waals surface area contributed by atoms with E-state index in [4.69, 9.17) is 9.47 Å². The number of amides is 1. The van der Waals surface area contributed by atoms with Gasteiger partial charge in [0, 0.05) is 0 Å². The molecule has 410 valence electrons. The minimum absolute atomic E-state index is 0.260. The lowest BCUT2D eigenvalue weighted by Crippen LogP contribution is -2.60. The van der Waals surface area contributed by atoms with E-state index in [9.17, 15) is 40.5 Å². The van der Waals surface area contributed by atoms with Gasteiger partial charge in [0.25, 0.3) is 0 Å². The molecular weight excluding hydrogens is 871 g/mol. The van der Waals surface area contributed by atoms with Crippen LogP contribution in [0.4, 0.5) is 0 Å². The van der Waals surface area contributed by atoms with Crippen LogP contribution in [-0.2, 0) is 14.3 Å². The average Bonchev–Trinajstić information content (AvgIpc) is 3.35. The van der Waals surface area contributed by atoms with Crippen molar-refractivity contribution in [3.8, 4) is 0 Å². The van der Waals surface area contributed by atoms with Crippen molar-refractivity contribution in [3.63, 3.8) is 0 Å². The molecule has 0 bridgehead atoms. The average molecular weight is 985 g/mol. The molecule has 69 heavy (non-hydrogen) atoms. The summed E-state index contributed by atoms with van der Waals surface area (Å²) < 4.78 is 11.1. The molecule has 0 aromatic carbocycles. The zero-order valence-corrected chi connectivity index (χ0v) is 44.8. The summed E-state index contributed by atoms with van der Waals surface area (Å²) in [6.45, 7) is 3.48. The maximum absolute atomic E-state index is 13.2. The number of nitrogens with one attached hydrogen (secondary N) is 1. The van der Waals surface area contributed by atoms with Crippen LogP contribution in [0.3, 0.4) is 0 Å². The van der Waals surface area contributed by atoms with E-state index in [0.29, 0.717) is 12.8 Å². The van der Waals surface area contributed by atoms with Gasteiger partial charge >= 0.3 is 0 Å². The van der Waals surface area contributed by atoms with E-state index >= 15 is 0 Å². The van der Waals surface area contributed by atoms with Crippen LogP contribution in [0.25, 0.3) is 0 Å². The summed E-state index contributed by atoms with van der Waals surface area (Å²) in [6.07, 6.45) is 44.1. The second-order valence-corrected chi connectivity index (χ2v) is 21.1. The number of aliphatic hydroxyl groups is 7. The number of carbonyl (C=O) groups excluding carboxylic acids is 1. The molecule has 0 aromatic heterocycles. The van der Waals surface area contributed by atoms with E-state index in [1.165, 1.54) is 205 Å². The van der Waals surface area contributed by atoms with Crippen LogP contribution in [0.1, 0.15) is 284 Å². The zero-order valence-electron chi connectivity index (χ0n) is 44.8. The number of hydrogen-bond donors (Lipinski definition) is 8. The van der Waals surface area contributed by atoms with E-state index in [1.54, 1.807) is 0 Å². The minimum atomic E-state index is -1.66. The highest BCUT2D eigenvalue weighted by atomic mass is 16.7. The van der Waals surface area contributed by atoms with Crippen LogP contribution in [0.15, 0.2) is 12.2 Å². The molecule has 11 nitrogen and oxygen atoms in total. The number of aliphatic hydroxyl groups excluding tert-OH is 7. The first-order chi connectivity index (χ1) is 33.7. The van der Waals surface area contributed by atoms with Crippen LogP contribution >= 0.6 is 0 Å². The van der Waals surface area contributed by atoms with Gasteiger partial charge in [0.05, 0.1) is 25.4 Å². The lowest BCUT2D eigenvalue weighted by molar-refractivity contribution is -0.303. The van der Waals surface area contributed by atoms with Crippen molar-refractivity contribution >= 4 is 5.91 Å². The van der Waals surface area contributed by atoms with Crippen molar-refractivity contribution in [2.24, 2.45) is 0 Å². The quantitative estimate of drug-likeness (QED) is 0.0215. The normalized spacial score (nSPS) is 20.4. The van der Waals surface area contributed by atoms with Crippen molar-refractivity contribution in [1.29, 1.82) is 0 Å². The summed E-state index contributed by atoms with van der Waals surface area (Å²) in [4.78, 5) is 13.2. The van der Waals surface area contributed by atoms with Crippen LogP contribution < -0.4 is 5.32 Å². The van der Waals surface area contributed by atoms with Crippen LogP contribution in [0.5, 0.6) is 0 Å². The number of hydrogen-bond acceptors (Lipinski definition) is 10. The third kappa shape index (κ3) is 36.4. The molecule has 1 aliphatic rings. The highest BCUT2D eigenvalue weighted by molar-refractivity contribution is 5.80. The fourth-order valence-corrected chi connectivity index (χ4v) is 9.74. The van der Waals surface area contributed by atoms with Gasteiger partial charge in [0.15, 0.2) is 6.29 Å². The summed E-state index contributed by atoms with van der Waals surface area (Å²) in [6, 6.07) is -1.18. The third-order valence-electron chi connectivity index (χ3n) is 14.6. The van der Waals surface area contributed by atoms with E-state index in [2.05, 4.69) is 31.3 Å². The first kappa shape index (κ1) is 65.9. The predicted octanol–water partition coefficient (Wildman–Crippen LogP) is 12.4. The summed E-state index contributed by atoms with van der Waals surface area (Å²) in [5.41, 5.74) is 0. The molecule has 1 heterocycles. The minimum Gasteiger partial charge on any atom is -0.394 e. The van der Waals surface area contributed by atoms with Gasteiger partial charge in [0.2, 0.25) is 5.91 Å². The zero-order chi connectivity index (χ0) is 50.4. The lowest BCUT2D eigenvalue weighted by atomic mass is 9.98. The standard InChI is InChI=1S/C58H113NO10/c1-3-5-7-9-11-13-15-17-19-21-23-25-26-28-30-32-34-36-38-40-42-44-46-51(62)57(67)59-49(48-68-58-56(66)55(65)54(64)52(47-60)69-58)53(63)50(61)45-43-41-39-37-35-33-31-29-27-24-22-20-18-16-14-12-10-8-6-4-2/h37,39,49-56,58,60-66H,3-36,38,40-48H2,1-2H3,(H,59,67)/b39-37+. The molecule has 9 unspecified atom stereocenters. The Morgan fingerprint density at radius 3 is 1.25 bits per heavy atom. The van der Waals surface area contributed by atoms with Gasteiger partial charge in [-0.1, -0.05) is 257 Å². The van der Waals surface area contributed by atoms with Gasteiger partial charge in [-0.2, -0.15) is 0 Å². The molecule has 0 aliphatic carbocycles. The van der Waals surface area contributed by atoms with E-state index < -0.39 is 74.2 Å². The Bertz CT molecular complexity index is 1130. The Morgan fingerprint density at radius 2 is 0.855 bits per heavy atom. The molecule has 0 saturated carbocycles. The van der Waals surface area contributed by atoms with Gasteiger partial charge in [-0.3, -0.25) is 4.79 Å². The maximum Gasteiger partial charge on any atom is 0.249 e. The number of rotatable bonds is 51. The Hall–Kier alpha value is -1.15. The van der Waals surface area contributed by atoms with Crippen molar-refractivity contribution in [2.45, 2.75) is 339 Å². The summed E-state index contributed by atoms with van der Waals surface area (Å²) >= 11 is 0. The fraction of sp³-hybridized carbons (Fsp3) is 0.948. The van der Waals surface area contributed by atoms with Gasteiger partial charge in [-0.25, -0.2) is 0 Å². The molecule has 1 fully saturated rings. The molecule has 1 amide bonds. The maximum atomic E-state index is 13.2. The smallest absolute Gasteiger partial charge is 0.249 e. The van der Waals surface area contributed by atoms with Gasteiger partial charge in [-0.15, -0.1) is 0 Å². The highest BCUT2D eigenvalue weighted by Crippen LogP contribution is 2.23. The second kappa shape index (κ2) is 47.8. The number of ether oxygens (including phenoxy) is 2. The fourth-order valence-electron chi connectivity index (χ4n) is 9.74. The van der Waals surface area contributed by atoms with Crippen molar-refractivity contribution in [3.05, 3.63) is 12.2 Å². The predicted molar refractivity (Wildman–Crippen MR) is 284 cm³/mol. The van der Waals surface area contributed by atoms with E-state index in [0.717, 1.165) is 38.5 Å². The Kier molecular flexibility index (Phi) is 45.7. The Labute approximate surface area is 423 Å². The van der Waals surface area contributed by atoms with Gasteiger partial charge < -0.3 is 50.5 Å². The number of unbranched alkanes of at least 4 members (excludes halogenated alkanes) is 37. The Balaban J connectivity index is 2.31. The molecule has 1 rings (SSSR count). The molecule has 11 heteroatoms. The molecule has 0 spiro atoms. The number of carbonyl (C=O) groups is 1. The van der Waals surface area contributed by atoms with Crippen molar-refractivity contribution in [2.75, 3.05) is 13.2 Å². The Morgan fingerprint density at radius 1 is 0.493 bits per heavy atom.